The lowest BCUT2D eigenvalue weighted by atomic mass is 9.96. The molecule has 2 N–H and O–H groups in total. The van der Waals surface area contributed by atoms with Crippen LogP contribution in [0.25, 0.3) is 0 Å². The van der Waals surface area contributed by atoms with Gasteiger partial charge in [0.15, 0.2) is 0 Å². The molecular weight excluding hydrogens is 152 g/mol. The lowest BCUT2D eigenvalue weighted by Gasteiger charge is -2.30. The fourth-order valence-corrected chi connectivity index (χ4v) is 1.62. The number of hydrogen-bond donors (Lipinski definition) is 2. The van der Waals surface area contributed by atoms with Crippen LogP contribution in [0.15, 0.2) is 0 Å². The van der Waals surface area contributed by atoms with Crippen LogP contribution in [0, 0.1) is 0 Å². The Balaban J connectivity index is 1.58. The fourth-order valence-electron chi connectivity index (χ4n) is 1.62. The summed E-state index contributed by atoms with van der Waals surface area (Å²) >= 11 is 0. The van der Waals surface area contributed by atoms with E-state index in [0.717, 1.165) is 26.2 Å². The molecule has 2 aliphatic rings. The number of piperazine rings is 1. The Morgan fingerprint density at radius 2 is 2.17 bits per heavy atom. The number of ether oxygens (including phenoxy) is 1. The summed E-state index contributed by atoms with van der Waals surface area (Å²) in [6.07, 6.45) is 4.50. The molecule has 1 saturated heterocycles. The van der Waals surface area contributed by atoms with Crippen LogP contribution in [0.5, 0.6) is 0 Å². The Kier molecular flexibility index (Phi) is 2.98. The zero-order chi connectivity index (χ0) is 8.23. The van der Waals surface area contributed by atoms with Gasteiger partial charge in [0.05, 0.1) is 12.7 Å². The molecule has 3 heteroatoms. The van der Waals surface area contributed by atoms with Gasteiger partial charge in [-0.15, -0.1) is 0 Å². The Morgan fingerprint density at radius 3 is 2.75 bits per heavy atom. The van der Waals surface area contributed by atoms with Crippen LogP contribution in [0.3, 0.4) is 0 Å². The van der Waals surface area contributed by atoms with Gasteiger partial charge in [0.2, 0.25) is 0 Å². The highest BCUT2D eigenvalue weighted by Gasteiger charge is 2.20. The summed E-state index contributed by atoms with van der Waals surface area (Å²) in [7, 11) is 0. The van der Waals surface area contributed by atoms with Gasteiger partial charge in [0, 0.05) is 25.7 Å². The lowest BCUT2D eigenvalue weighted by Crippen LogP contribution is -2.51. The quantitative estimate of drug-likeness (QED) is 0.631. The van der Waals surface area contributed by atoms with Gasteiger partial charge in [0.1, 0.15) is 0 Å². The molecule has 2 rings (SSSR count). The molecule has 1 saturated carbocycles. The normalized spacial score (nSPS) is 31.5. The molecule has 0 amide bonds. The van der Waals surface area contributed by atoms with E-state index in [2.05, 4.69) is 10.6 Å². The minimum atomic E-state index is 0.541. The predicted molar refractivity (Wildman–Crippen MR) is 48.3 cm³/mol. The van der Waals surface area contributed by atoms with Crippen LogP contribution in [0.4, 0.5) is 0 Å². The average molecular weight is 170 g/mol. The summed E-state index contributed by atoms with van der Waals surface area (Å²) in [6, 6.07) is 0.541. The highest BCUT2D eigenvalue weighted by molar-refractivity contribution is 4.77. The SMILES string of the molecule is C1CC(OCC2CNCCN2)C1. The number of nitrogens with one attached hydrogen (secondary N) is 2. The van der Waals surface area contributed by atoms with Crippen molar-refractivity contribution in [3.05, 3.63) is 0 Å². The van der Waals surface area contributed by atoms with Crippen molar-refractivity contribution >= 4 is 0 Å². The zero-order valence-electron chi connectivity index (χ0n) is 7.51. The van der Waals surface area contributed by atoms with Crippen LogP contribution < -0.4 is 10.6 Å². The molecule has 12 heavy (non-hydrogen) atoms. The van der Waals surface area contributed by atoms with Crippen LogP contribution in [0.2, 0.25) is 0 Å². The molecule has 1 heterocycles. The van der Waals surface area contributed by atoms with Crippen molar-refractivity contribution in [3.63, 3.8) is 0 Å². The van der Waals surface area contributed by atoms with E-state index in [-0.39, 0.29) is 0 Å². The topological polar surface area (TPSA) is 33.3 Å². The van der Waals surface area contributed by atoms with Crippen molar-refractivity contribution in [2.75, 3.05) is 26.2 Å². The summed E-state index contributed by atoms with van der Waals surface area (Å²) in [5.74, 6) is 0. The fraction of sp³-hybridized carbons (Fsp3) is 1.00. The van der Waals surface area contributed by atoms with Gasteiger partial charge in [-0.2, -0.15) is 0 Å². The summed E-state index contributed by atoms with van der Waals surface area (Å²) in [6.45, 7) is 4.13. The van der Waals surface area contributed by atoms with Crippen LogP contribution >= 0.6 is 0 Å². The second kappa shape index (κ2) is 4.21. The van der Waals surface area contributed by atoms with Gasteiger partial charge in [-0.1, -0.05) is 0 Å². The molecule has 0 bridgehead atoms. The Hall–Kier alpha value is -0.120. The third kappa shape index (κ3) is 2.19. The third-order valence-corrected chi connectivity index (χ3v) is 2.71. The molecule has 1 unspecified atom stereocenters. The lowest BCUT2D eigenvalue weighted by molar-refractivity contribution is -0.00972. The van der Waals surface area contributed by atoms with E-state index in [1.165, 1.54) is 19.3 Å². The molecule has 0 radical (unpaired) electrons. The van der Waals surface area contributed by atoms with Crippen LogP contribution in [-0.4, -0.2) is 38.4 Å². The van der Waals surface area contributed by atoms with Crippen molar-refractivity contribution in [2.24, 2.45) is 0 Å². The summed E-state index contributed by atoms with van der Waals surface area (Å²) in [4.78, 5) is 0. The smallest absolute Gasteiger partial charge is 0.0635 e. The first-order chi connectivity index (χ1) is 5.95. The molecule has 3 nitrogen and oxygen atoms in total. The van der Waals surface area contributed by atoms with Gasteiger partial charge in [-0.3, -0.25) is 0 Å². The minimum Gasteiger partial charge on any atom is -0.377 e. The second-order valence-corrected chi connectivity index (χ2v) is 3.74. The molecule has 0 aromatic rings. The van der Waals surface area contributed by atoms with Crippen LogP contribution in [0.1, 0.15) is 19.3 Å². The van der Waals surface area contributed by atoms with E-state index in [1.54, 1.807) is 0 Å². The standard InChI is InChI=1S/C9H18N2O/c1-2-9(3-1)12-7-8-6-10-4-5-11-8/h8-11H,1-7H2. The number of rotatable bonds is 3. The first-order valence-corrected chi connectivity index (χ1v) is 5.01. The molecule has 1 atom stereocenters. The Labute approximate surface area is 73.9 Å². The average Bonchev–Trinajstić information content (AvgIpc) is 2.04. The second-order valence-electron chi connectivity index (χ2n) is 3.74. The van der Waals surface area contributed by atoms with Gasteiger partial charge >= 0.3 is 0 Å². The predicted octanol–water partition coefficient (Wildman–Crippen LogP) is 0.117. The third-order valence-electron chi connectivity index (χ3n) is 2.71. The highest BCUT2D eigenvalue weighted by atomic mass is 16.5. The van der Waals surface area contributed by atoms with E-state index in [0.29, 0.717) is 12.1 Å². The summed E-state index contributed by atoms with van der Waals surface area (Å²) in [5.41, 5.74) is 0. The first-order valence-electron chi connectivity index (χ1n) is 5.01. The Bertz CT molecular complexity index is 130. The monoisotopic (exact) mass is 170 g/mol. The van der Waals surface area contributed by atoms with Crippen LogP contribution in [-0.2, 0) is 4.74 Å². The van der Waals surface area contributed by atoms with Crippen molar-refractivity contribution < 1.29 is 4.74 Å². The van der Waals surface area contributed by atoms with E-state index in [1.807, 2.05) is 0 Å². The largest absolute Gasteiger partial charge is 0.377 e. The molecule has 1 aliphatic heterocycles. The minimum absolute atomic E-state index is 0.541. The van der Waals surface area contributed by atoms with Gasteiger partial charge < -0.3 is 15.4 Å². The highest BCUT2D eigenvalue weighted by Crippen LogP contribution is 2.21. The van der Waals surface area contributed by atoms with Crippen molar-refractivity contribution in [1.82, 2.24) is 10.6 Å². The molecule has 2 fully saturated rings. The molecule has 0 aromatic heterocycles. The zero-order valence-corrected chi connectivity index (χ0v) is 7.51. The van der Waals surface area contributed by atoms with Crippen molar-refractivity contribution in [3.8, 4) is 0 Å². The molecule has 1 aliphatic carbocycles. The number of hydrogen-bond acceptors (Lipinski definition) is 3. The van der Waals surface area contributed by atoms with Crippen molar-refractivity contribution in [2.45, 2.75) is 31.4 Å². The van der Waals surface area contributed by atoms with Gasteiger partial charge in [-0.25, -0.2) is 0 Å². The van der Waals surface area contributed by atoms with E-state index < -0.39 is 0 Å². The van der Waals surface area contributed by atoms with Gasteiger partial charge in [0.25, 0.3) is 0 Å². The van der Waals surface area contributed by atoms with E-state index in [4.69, 9.17) is 4.74 Å². The molecule has 70 valence electrons. The molecule has 0 spiro atoms. The van der Waals surface area contributed by atoms with E-state index >= 15 is 0 Å². The maximum absolute atomic E-state index is 5.71. The Morgan fingerprint density at radius 1 is 1.25 bits per heavy atom. The summed E-state index contributed by atoms with van der Waals surface area (Å²) < 4.78 is 5.71. The first kappa shape index (κ1) is 8.48. The van der Waals surface area contributed by atoms with Crippen molar-refractivity contribution in [1.29, 1.82) is 0 Å². The maximum atomic E-state index is 5.71. The summed E-state index contributed by atoms with van der Waals surface area (Å²) in [5, 5.41) is 6.79. The molecule has 0 aromatic carbocycles. The maximum Gasteiger partial charge on any atom is 0.0635 e. The van der Waals surface area contributed by atoms with Gasteiger partial charge in [-0.05, 0) is 19.3 Å². The van der Waals surface area contributed by atoms with E-state index in [9.17, 15) is 0 Å². The molecular formula is C9H18N2O.